The molecule has 0 saturated carbocycles. The van der Waals surface area contributed by atoms with Crippen molar-refractivity contribution in [2.45, 2.75) is 12.2 Å². The summed E-state index contributed by atoms with van der Waals surface area (Å²) in [4.78, 5) is 0. The van der Waals surface area contributed by atoms with Crippen molar-refractivity contribution in [3.8, 4) is 0 Å². The molecule has 4 heteroatoms. The first-order chi connectivity index (χ1) is 7.50. The number of hydrogen-bond acceptors (Lipinski definition) is 1. The minimum atomic E-state index is -2.17. The minimum absolute atomic E-state index is 0.0509. The van der Waals surface area contributed by atoms with E-state index in [9.17, 15) is 8.78 Å². The van der Waals surface area contributed by atoms with Crippen LogP contribution in [0.1, 0.15) is 12.0 Å². The first-order valence-electron chi connectivity index (χ1n) is 4.80. The molecule has 1 aromatic carbocycles. The molecule has 1 aromatic rings. The summed E-state index contributed by atoms with van der Waals surface area (Å²) < 4.78 is 28.3. The van der Waals surface area contributed by atoms with Gasteiger partial charge in [0.05, 0.1) is 0 Å². The maximum Gasteiger partial charge on any atom is 0.192 e. The molecule has 0 amide bonds. The van der Waals surface area contributed by atoms with E-state index >= 15 is 0 Å². The van der Waals surface area contributed by atoms with E-state index in [2.05, 4.69) is 15.9 Å². The van der Waals surface area contributed by atoms with Gasteiger partial charge in [-0.3, -0.25) is 5.73 Å². The van der Waals surface area contributed by atoms with Crippen molar-refractivity contribution in [1.82, 2.24) is 0 Å². The first-order valence-corrected chi connectivity index (χ1v) is 5.59. The van der Waals surface area contributed by atoms with Gasteiger partial charge < -0.3 is 0 Å². The van der Waals surface area contributed by atoms with Crippen LogP contribution in [0.2, 0.25) is 0 Å². The third-order valence-electron chi connectivity index (χ3n) is 2.43. The van der Waals surface area contributed by atoms with Crippen LogP contribution < -0.4 is 5.73 Å². The van der Waals surface area contributed by atoms with Crippen LogP contribution in [0.25, 0.3) is 5.57 Å². The monoisotopic (exact) mass is 285 g/mol. The molecule has 1 aliphatic carbocycles. The number of rotatable bonds is 1. The van der Waals surface area contributed by atoms with Crippen LogP contribution in [-0.4, -0.2) is 5.79 Å². The average Bonchev–Trinajstić information content (AvgIpc) is 2.15. The molecular formula is C12H10BrF2N. The Labute approximate surface area is 101 Å². The van der Waals surface area contributed by atoms with Crippen LogP contribution in [0.15, 0.2) is 46.7 Å². The second-order valence-electron chi connectivity index (χ2n) is 3.72. The fraction of sp³-hybridized carbons (Fsp3) is 0.167. The van der Waals surface area contributed by atoms with Crippen LogP contribution in [0.4, 0.5) is 8.78 Å². The standard InChI is InChI=1S/C12H10BrF2N/c13-9-6-10(14)11(12(15,16)7-9)8-4-2-1-3-5-8/h1-6H,7,16H2. The quantitative estimate of drug-likeness (QED) is 0.783. The fourth-order valence-corrected chi connectivity index (χ4v) is 2.39. The van der Waals surface area contributed by atoms with Crippen molar-refractivity contribution in [3.05, 3.63) is 52.3 Å². The highest BCUT2D eigenvalue weighted by Crippen LogP contribution is 2.40. The summed E-state index contributed by atoms with van der Waals surface area (Å²) in [7, 11) is 0. The molecule has 0 spiro atoms. The smallest absolute Gasteiger partial charge is 0.192 e. The largest absolute Gasteiger partial charge is 0.295 e. The number of halogens is 3. The van der Waals surface area contributed by atoms with E-state index < -0.39 is 11.6 Å². The van der Waals surface area contributed by atoms with Gasteiger partial charge in [-0.2, -0.15) is 0 Å². The zero-order chi connectivity index (χ0) is 11.8. The molecule has 0 aliphatic heterocycles. The van der Waals surface area contributed by atoms with Crippen molar-refractivity contribution in [2.24, 2.45) is 5.73 Å². The predicted octanol–water partition coefficient (Wildman–Crippen LogP) is 3.67. The maximum atomic E-state index is 14.1. The highest BCUT2D eigenvalue weighted by molar-refractivity contribution is 9.11. The van der Waals surface area contributed by atoms with Gasteiger partial charge >= 0.3 is 0 Å². The van der Waals surface area contributed by atoms with Crippen LogP contribution >= 0.6 is 15.9 Å². The molecule has 16 heavy (non-hydrogen) atoms. The molecule has 1 nitrogen and oxygen atoms in total. The Balaban J connectivity index is 2.57. The van der Waals surface area contributed by atoms with E-state index in [4.69, 9.17) is 5.73 Å². The van der Waals surface area contributed by atoms with Gasteiger partial charge in [0.1, 0.15) is 5.83 Å². The Kier molecular flexibility index (Phi) is 2.95. The lowest BCUT2D eigenvalue weighted by molar-refractivity contribution is 0.250. The summed E-state index contributed by atoms with van der Waals surface area (Å²) in [6, 6.07) is 8.51. The van der Waals surface area contributed by atoms with Crippen LogP contribution in [0, 0.1) is 0 Å². The van der Waals surface area contributed by atoms with E-state index in [0.717, 1.165) is 0 Å². The molecule has 0 radical (unpaired) electrons. The second kappa shape index (κ2) is 4.11. The molecule has 2 N–H and O–H groups in total. The van der Waals surface area contributed by atoms with Gasteiger partial charge in [0.2, 0.25) is 0 Å². The first kappa shape index (κ1) is 11.5. The summed E-state index contributed by atoms with van der Waals surface area (Å²) in [6.45, 7) is 0. The summed E-state index contributed by atoms with van der Waals surface area (Å²) >= 11 is 3.07. The number of alkyl halides is 1. The van der Waals surface area contributed by atoms with Crippen LogP contribution in [-0.2, 0) is 0 Å². The van der Waals surface area contributed by atoms with Crippen molar-refractivity contribution < 1.29 is 8.78 Å². The molecule has 2 rings (SSSR count). The number of hydrogen-bond donors (Lipinski definition) is 1. The van der Waals surface area contributed by atoms with E-state index in [0.29, 0.717) is 10.0 Å². The highest BCUT2D eigenvalue weighted by Gasteiger charge is 2.36. The van der Waals surface area contributed by atoms with Gasteiger partial charge in [0.15, 0.2) is 5.79 Å². The van der Waals surface area contributed by atoms with Crippen LogP contribution in [0.5, 0.6) is 0 Å². The molecule has 84 valence electrons. The summed E-state index contributed by atoms with van der Waals surface area (Å²) in [5, 5.41) is 0. The van der Waals surface area contributed by atoms with Crippen molar-refractivity contribution in [1.29, 1.82) is 0 Å². The van der Waals surface area contributed by atoms with Crippen LogP contribution in [0.3, 0.4) is 0 Å². The third-order valence-corrected chi connectivity index (χ3v) is 2.94. The van der Waals surface area contributed by atoms with Gasteiger partial charge in [-0.25, -0.2) is 8.78 Å². The van der Waals surface area contributed by atoms with Gasteiger partial charge in [-0.15, -0.1) is 0 Å². The molecular weight excluding hydrogens is 276 g/mol. The topological polar surface area (TPSA) is 26.0 Å². The molecule has 1 aliphatic rings. The summed E-state index contributed by atoms with van der Waals surface area (Å²) in [5.74, 6) is -2.80. The molecule has 1 unspecified atom stereocenters. The number of nitrogens with two attached hydrogens (primary N) is 1. The van der Waals surface area contributed by atoms with Gasteiger partial charge in [0.25, 0.3) is 0 Å². The van der Waals surface area contributed by atoms with E-state index in [-0.39, 0.29) is 12.0 Å². The summed E-state index contributed by atoms with van der Waals surface area (Å²) in [5.41, 5.74) is 5.89. The molecule has 0 bridgehead atoms. The highest BCUT2D eigenvalue weighted by atomic mass is 79.9. The molecule has 0 aromatic heterocycles. The zero-order valence-electron chi connectivity index (χ0n) is 8.38. The van der Waals surface area contributed by atoms with Crippen molar-refractivity contribution in [2.75, 3.05) is 0 Å². The van der Waals surface area contributed by atoms with Crippen molar-refractivity contribution >= 4 is 21.5 Å². The normalized spacial score (nSPS) is 25.6. The average molecular weight is 286 g/mol. The Hall–Kier alpha value is -1.00. The summed E-state index contributed by atoms with van der Waals surface area (Å²) in [6.07, 6.45) is 1.21. The Morgan fingerprint density at radius 2 is 1.88 bits per heavy atom. The Morgan fingerprint density at radius 3 is 2.44 bits per heavy atom. The lowest BCUT2D eigenvalue weighted by Crippen LogP contribution is -2.37. The van der Waals surface area contributed by atoms with E-state index in [1.807, 2.05) is 0 Å². The molecule has 0 fully saturated rings. The van der Waals surface area contributed by atoms with Gasteiger partial charge in [-0.1, -0.05) is 46.3 Å². The Morgan fingerprint density at radius 1 is 1.25 bits per heavy atom. The van der Waals surface area contributed by atoms with Gasteiger partial charge in [-0.05, 0) is 11.6 Å². The van der Waals surface area contributed by atoms with Gasteiger partial charge in [0, 0.05) is 16.5 Å². The fourth-order valence-electron chi connectivity index (χ4n) is 1.78. The van der Waals surface area contributed by atoms with Crippen molar-refractivity contribution in [3.63, 3.8) is 0 Å². The molecule has 0 saturated heterocycles. The lowest BCUT2D eigenvalue weighted by atomic mass is 9.90. The second-order valence-corrected chi connectivity index (χ2v) is 4.74. The lowest BCUT2D eigenvalue weighted by Gasteiger charge is -2.27. The Bertz CT molecular complexity index is 463. The zero-order valence-corrected chi connectivity index (χ0v) is 9.97. The van der Waals surface area contributed by atoms with E-state index in [1.165, 1.54) is 6.08 Å². The SMILES string of the molecule is NC1(F)CC(Br)=CC(F)=C1c1ccccc1. The maximum absolute atomic E-state index is 14.1. The minimum Gasteiger partial charge on any atom is -0.295 e. The number of allylic oxidation sites excluding steroid dienone is 2. The molecule has 0 heterocycles. The molecule has 1 atom stereocenters. The third kappa shape index (κ3) is 2.08. The number of benzene rings is 1. The van der Waals surface area contributed by atoms with E-state index in [1.54, 1.807) is 30.3 Å². The predicted molar refractivity (Wildman–Crippen MR) is 64.1 cm³/mol.